The summed E-state index contributed by atoms with van der Waals surface area (Å²) < 4.78 is 26.5. The Morgan fingerprint density at radius 1 is 1.42 bits per heavy atom. The maximum atomic E-state index is 13.4. The largest absolute Gasteiger partial charge is 0.409 e. The number of amidine groups is 1. The van der Waals surface area contributed by atoms with E-state index in [1.165, 1.54) is 0 Å². The SMILES string of the molecule is N/C(CCCNC(=O)c1cc(F)c(Cl)cc1F)=N/O. The van der Waals surface area contributed by atoms with Crippen LogP contribution in [0.3, 0.4) is 0 Å². The maximum absolute atomic E-state index is 13.4. The summed E-state index contributed by atoms with van der Waals surface area (Å²) in [5, 5.41) is 13.0. The van der Waals surface area contributed by atoms with E-state index in [0.717, 1.165) is 12.1 Å². The minimum Gasteiger partial charge on any atom is -0.409 e. The van der Waals surface area contributed by atoms with E-state index in [-0.39, 0.29) is 23.8 Å². The van der Waals surface area contributed by atoms with Crippen LogP contribution in [0.4, 0.5) is 8.78 Å². The van der Waals surface area contributed by atoms with E-state index in [2.05, 4.69) is 10.5 Å². The van der Waals surface area contributed by atoms with Crippen molar-refractivity contribution in [3.63, 3.8) is 0 Å². The summed E-state index contributed by atoms with van der Waals surface area (Å²) in [4.78, 5) is 11.6. The molecule has 0 aliphatic carbocycles. The number of oxime groups is 1. The molecule has 0 aliphatic heterocycles. The predicted molar refractivity (Wildman–Crippen MR) is 66.3 cm³/mol. The first kappa shape index (κ1) is 15.2. The van der Waals surface area contributed by atoms with Gasteiger partial charge in [-0.15, -0.1) is 0 Å². The van der Waals surface area contributed by atoms with Gasteiger partial charge in [-0.05, 0) is 18.6 Å². The molecule has 19 heavy (non-hydrogen) atoms. The number of hydrogen-bond acceptors (Lipinski definition) is 3. The molecule has 5 nitrogen and oxygen atoms in total. The van der Waals surface area contributed by atoms with E-state index in [0.29, 0.717) is 6.42 Å². The molecule has 1 rings (SSSR count). The van der Waals surface area contributed by atoms with Crippen molar-refractivity contribution in [2.75, 3.05) is 6.54 Å². The predicted octanol–water partition coefficient (Wildman–Crippen LogP) is 1.87. The van der Waals surface area contributed by atoms with E-state index in [9.17, 15) is 13.6 Å². The minimum atomic E-state index is -0.902. The van der Waals surface area contributed by atoms with Crippen LogP contribution in [0.25, 0.3) is 0 Å². The number of nitrogens with one attached hydrogen (secondary N) is 1. The lowest BCUT2D eigenvalue weighted by Gasteiger charge is -2.06. The molecule has 0 unspecified atom stereocenters. The first-order valence-electron chi connectivity index (χ1n) is 5.35. The monoisotopic (exact) mass is 291 g/mol. The van der Waals surface area contributed by atoms with E-state index >= 15 is 0 Å². The van der Waals surface area contributed by atoms with E-state index < -0.39 is 23.1 Å². The van der Waals surface area contributed by atoms with Gasteiger partial charge >= 0.3 is 0 Å². The summed E-state index contributed by atoms with van der Waals surface area (Å²) in [6.45, 7) is 0.179. The summed E-state index contributed by atoms with van der Waals surface area (Å²) >= 11 is 5.37. The Morgan fingerprint density at radius 3 is 2.74 bits per heavy atom. The van der Waals surface area contributed by atoms with Gasteiger partial charge in [0, 0.05) is 13.0 Å². The van der Waals surface area contributed by atoms with Crippen molar-refractivity contribution < 1.29 is 18.8 Å². The zero-order valence-corrected chi connectivity index (χ0v) is 10.5. The van der Waals surface area contributed by atoms with Crippen molar-refractivity contribution >= 4 is 23.3 Å². The number of amides is 1. The highest BCUT2D eigenvalue weighted by atomic mass is 35.5. The van der Waals surface area contributed by atoms with Gasteiger partial charge in [0.25, 0.3) is 5.91 Å². The van der Waals surface area contributed by atoms with Gasteiger partial charge in [-0.1, -0.05) is 16.8 Å². The molecule has 1 aromatic carbocycles. The van der Waals surface area contributed by atoms with Crippen LogP contribution in [-0.4, -0.2) is 23.5 Å². The lowest BCUT2D eigenvalue weighted by Crippen LogP contribution is -2.26. The topological polar surface area (TPSA) is 87.7 Å². The van der Waals surface area contributed by atoms with Gasteiger partial charge in [0.1, 0.15) is 17.5 Å². The first-order valence-corrected chi connectivity index (χ1v) is 5.72. The molecule has 0 fully saturated rings. The van der Waals surface area contributed by atoms with Crippen LogP contribution in [0.2, 0.25) is 5.02 Å². The summed E-state index contributed by atoms with van der Waals surface area (Å²) in [6.07, 6.45) is 0.674. The molecule has 0 bridgehead atoms. The third-order valence-electron chi connectivity index (χ3n) is 2.28. The standard InChI is InChI=1S/C11H12ClF2N3O2/c12-7-5-8(13)6(4-9(7)14)11(18)16-3-1-2-10(15)17-19/h4-5,19H,1-3H2,(H2,15,17)(H,16,18). The van der Waals surface area contributed by atoms with E-state index in [4.69, 9.17) is 22.5 Å². The van der Waals surface area contributed by atoms with Crippen molar-refractivity contribution in [3.05, 3.63) is 34.4 Å². The Hall–Kier alpha value is -1.89. The Labute approximate surface area is 113 Å². The van der Waals surface area contributed by atoms with Gasteiger partial charge in [-0.3, -0.25) is 4.79 Å². The molecule has 0 aliphatic rings. The number of hydrogen-bond donors (Lipinski definition) is 3. The van der Waals surface area contributed by atoms with Crippen LogP contribution >= 0.6 is 11.6 Å². The molecular formula is C11H12ClF2N3O2. The number of benzene rings is 1. The molecule has 8 heteroatoms. The molecule has 0 heterocycles. The third kappa shape index (κ3) is 4.36. The Kier molecular flexibility index (Phi) is 5.50. The van der Waals surface area contributed by atoms with Crippen LogP contribution in [-0.2, 0) is 0 Å². The molecule has 0 aromatic heterocycles. The number of carbonyl (C=O) groups excluding carboxylic acids is 1. The summed E-state index contributed by atoms with van der Waals surface area (Å²) in [5.41, 5.74) is 4.80. The van der Waals surface area contributed by atoms with Gasteiger partial charge in [-0.2, -0.15) is 0 Å². The second-order valence-electron chi connectivity index (χ2n) is 3.70. The maximum Gasteiger partial charge on any atom is 0.254 e. The van der Waals surface area contributed by atoms with Gasteiger partial charge < -0.3 is 16.3 Å². The molecule has 104 valence electrons. The van der Waals surface area contributed by atoms with Crippen molar-refractivity contribution in [1.82, 2.24) is 5.32 Å². The quantitative estimate of drug-likeness (QED) is 0.193. The zero-order valence-electron chi connectivity index (χ0n) is 9.79. The highest BCUT2D eigenvalue weighted by molar-refractivity contribution is 6.30. The number of rotatable bonds is 5. The number of nitrogens with zero attached hydrogens (tertiary/aromatic N) is 1. The van der Waals surface area contributed by atoms with Gasteiger partial charge in [0.2, 0.25) is 0 Å². The molecule has 0 atom stereocenters. The normalized spacial score (nSPS) is 11.4. The molecule has 4 N–H and O–H groups in total. The lowest BCUT2D eigenvalue weighted by molar-refractivity contribution is 0.0949. The molecule has 1 amide bonds. The fraction of sp³-hybridized carbons (Fsp3) is 0.273. The summed E-state index contributed by atoms with van der Waals surface area (Å²) in [6, 6.07) is 1.47. The van der Waals surface area contributed by atoms with Crippen LogP contribution in [0, 0.1) is 11.6 Å². The molecule has 0 saturated heterocycles. The number of halogens is 3. The fourth-order valence-electron chi connectivity index (χ4n) is 1.31. The Balaban J connectivity index is 2.57. The summed E-state index contributed by atoms with van der Waals surface area (Å²) in [5.74, 6) is -2.50. The van der Waals surface area contributed by atoms with Gasteiger partial charge in [-0.25, -0.2) is 8.78 Å². The molecule has 0 radical (unpaired) electrons. The molecule has 0 spiro atoms. The van der Waals surface area contributed by atoms with Crippen LogP contribution < -0.4 is 11.1 Å². The second kappa shape index (κ2) is 6.89. The van der Waals surface area contributed by atoms with Gasteiger partial charge in [0.05, 0.1) is 10.6 Å². The van der Waals surface area contributed by atoms with E-state index in [1.54, 1.807) is 0 Å². The van der Waals surface area contributed by atoms with Crippen LogP contribution in [0.15, 0.2) is 17.3 Å². The Morgan fingerprint density at radius 2 is 2.11 bits per heavy atom. The highest BCUT2D eigenvalue weighted by Gasteiger charge is 2.14. The fourth-order valence-corrected chi connectivity index (χ4v) is 1.46. The van der Waals surface area contributed by atoms with E-state index in [1.807, 2.05) is 0 Å². The lowest BCUT2D eigenvalue weighted by atomic mass is 10.2. The molecule has 1 aromatic rings. The third-order valence-corrected chi connectivity index (χ3v) is 2.57. The van der Waals surface area contributed by atoms with Crippen molar-refractivity contribution in [1.29, 1.82) is 0 Å². The molecular weight excluding hydrogens is 280 g/mol. The van der Waals surface area contributed by atoms with Crippen molar-refractivity contribution in [3.8, 4) is 0 Å². The van der Waals surface area contributed by atoms with Crippen molar-refractivity contribution in [2.45, 2.75) is 12.8 Å². The Bertz CT molecular complexity index is 509. The molecule has 0 saturated carbocycles. The second-order valence-corrected chi connectivity index (χ2v) is 4.10. The van der Waals surface area contributed by atoms with Crippen LogP contribution in [0.1, 0.15) is 23.2 Å². The zero-order chi connectivity index (χ0) is 14.4. The van der Waals surface area contributed by atoms with Crippen LogP contribution in [0.5, 0.6) is 0 Å². The average molecular weight is 292 g/mol. The first-order chi connectivity index (χ1) is 8.95. The minimum absolute atomic E-state index is 0.0259. The summed E-state index contributed by atoms with van der Waals surface area (Å²) in [7, 11) is 0. The number of carbonyl (C=O) groups is 1. The smallest absolute Gasteiger partial charge is 0.254 e. The van der Waals surface area contributed by atoms with Crippen molar-refractivity contribution in [2.24, 2.45) is 10.9 Å². The number of nitrogens with two attached hydrogens (primary N) is 1. The highest BCUT2D eigenvalue weighted by Crippen LogP contribution is 2.19. The van der Waals surface area contributed by atoms with Gasteiger partial charge in [0.15, 0.2) is 0 Å². The average Bonchev–Trinajstić information content (AvgIpc) is 2.38.